The van der Waals surface area contributed by atoms with Crippen LogP contribution in [0.2, 0.25) is 0 Å². The van der Waals surface area contributed by atoms with Crippen LogP contribution in [0.15, 0.2) is 43.0 Å². The van der Waals surface area contributed by atoms with Crippen molar-refractivity contribution in [3.8, 4) is 17.1 Å². The Hall–Kier alpha value is -3.29. The maximum Gasteiger partial charge on any atom is 0.235 e. The summed E-state index contributed by atoms with van der Waals surface area (Å²) in [5, 5.41) is 4.11. The number of nitrogen functional groups attached to an aromatic ring is 1. The minimum absolute atomic E-state index is 0.236. The van der Waals surface area contributed by atoms with E-state index in [1.807, 2.05) is 11.5 Å². The first kappa shape index (κ1) is 14.3. The average Bonchev–Trinajstić information content (AvgIpc) is 3.17. The lowest BCUT2D eigenvalue weighted by molar-refractivity contribution is 0.631. The Morgan fingerprint density at radius 3 is 2.71 bits per heavy atom. The summed E-state index contributed by atoms with van der Waals surface area (Å²) in [5.41, 5.74) is 8.42. The molecule has 120 valence electrons. The van der Waals surface area contributed by atoms with E-state index in [1.54, 1.807) is 30.6 Å². The molecule has 4 aromatic rings. The van der Waals surface area contributed by atoms with E-state index in [0.717, 1.165) is 5.52 Å². The third kappa shape index (κ3) is 2.03. The fraction of sp³-hybridized carbons (Fsp3) is 0.125. The largest absolute Gasteiger partial charge is 0.368 e. The molecule has 0 aliphatic carbocycles. The van der Waals surface area contributed by atoms with Gasteiger partial charge in [-0.05, 0) is 13.0 Å². The first-order valence-corrected chi connectivity index (χ1v) is 7.45. The van der Waals surface area contributed by atoms with E-state index in [-0.39, 0.29) is 11.8 Å². The summed E-state index contributed by atoms with van der Waals surface area (Å²) in [6.45, 7) is 2.58. The van der Waals surface area contributed by atoms with Crippen LogP contribution in [0.4, 0.5) is 10.3 Å². The molecule has 0 unspecified atom stereocenters. The highest BCUT2D eigenvalue weighted by atomic mass is 19.1. The molecule has 0 atom stereocenters. The van der Waals surface area contributed by atoms with Crippen molar-refractivity contribution in [1.82, 2.24) is 29.3 Å². The zero-order chi connectivity index (χ0) is 16.7. The van der Waals surface area contributed by atoms with Gasteiger partial charge in [0.2, 0.25) is 11.9 Å². The predicted molar refractivity (Wildman–Crippen MR) is 87.9 cm³/mol. The Kier molecular flexibility index (Phi) is 3.23. The minimum Gasteiger partial charge on any atom is -0.368 e. The molecular weight excluding hydrogens is 309 g/mol. The van der Waals surface area contributed by atoms with Crippen molar-refractivity contribution in [2.45, 2.75) is 13.5 Å². The highest BCUT2D eigenvalue weighted by molar-refractivity contribution is 5.92. The number of fused-ring (bicyclic) bond motifs is 1. The second-order valence-electron chi connectivity index (χ2n) is 5.22. The van der Waals surface area contributed by atoms with Crippen molar-refractivity contribution >= 4 is 17.0 Å². The molecule has 0 amide bonds. The number of halogens is 1. The lowest BCUT2D eigenvalue weighted by Crippen LogP contribution is -2.10. The molecule has 0 spiro atoms. The highest BCUT2D eigenvalue weighted by Gasteiger charge is 2.19. The molecule has 1 aromatic carbocycles. The molecule has 0 radical (unpaired) electrons. The van der Waals surface area contributed by atoms with Crippen LogP contribution in [0.1, 0.15) is 6.92 Å². The number of nitrogens with zero attached hydrogens (tertiary/aromatic N) is 6. The fourth-order valence-corrected chi connectivity index (χ4v) is 2.82. The van der Waals surface area contributed by atoms with Crippen LogP contribution in [0, 0.1) is 5.82 Å². The topological polar surface area (TPSA) is 87.4 Å². The summed E-state index contributed by atoms with van der Waals surface area (Å²) >= 11 is 0. The van der Waals surface area contributed by atoms with Gasteiger partial charge < -0.3 is 10.3 Å². The summed E-state index contributed by atoms with van der Waals surface area (Å²) in [6, 6.07) is 6.60. The quantitative estimate of drug-likeness (QED) is 0.625. The van der Waals surface area contributed by atoms with E-state index in [1.165, 1.54) is 17.1 Å². The fourth-order valence-electron chi connectivity index (χ4n) is 2.82. The highest BCUT2D eigenvalue weighted by Crippen LogP contribution is 2.31. The maximum absolute atomic E-state index is 14.3. The third-order valence-corrected chi connectivity index (χ3v) is 3.87. The lowest BCUT2D eigenvalue weighted by atomic mass is 10.1. The first-order valence-electron chi connectivity index (χ1n) is 7.45. The molecule has 4 rings (SSSR count). The molecule has 2 N–H and O–H groups in total. The van der Waals surface area contributed by atoms with Crippen LogP contribution >= 0.6 is 0 Å². The number of aryl methyl sites for hydroxylation is 1. The van der Waals surface area contributed by atoms with E-state index in [9.17, 15) is 4.39 Å². The van der Waals surface area contributed by atoms with Gasteiger partial charge in [-0.15, -0.1) is 0 Å². The average molecular weight is 323 g/mol. The van der Waals surface area contributed by atoms with Gasteiger partial charge >= 0.3 is 0 Å². The van der Waals surface area contributed by atoms with Gasteiger partial charge in [0.25, 0.3) is 0 Å². The van der Waals surface area contributed by atoms with E-state index >= 15 is 0 Å². The Balaban J connectivity index is 2.06. The van der Waals surface area contributed by atoms with Gasteiger partial charge in [0.1, 0.15) is 17.7 Å². The van der Waals surface area contributed by atoms with Crippen LogP contribution in [-0.2, 0) is 6.54 Å². The molecule has 0 saturated heterocycles. The smallest absolute Gasteiger partial charge is 0.235 e. The molecule has 8 heteroatoms. The van der Waals surface area contributed by atoms with Gasteiger partial charge in [-0.25, -0.2) is 9.37 Å². The van der Waals surface area contributed by atoms with Crippen molar-refractivity contribution < 1.29 is 4.39 Å². The number of pyridine rings is 1. The molecule has 24 heavy (non-hydrogen) atoms. The van der Waals surface area contributed by atoms with Crippen LogP contribution in [0.5, 0.6) is 0 Å². The van der Waals surface area contributed by atoms with Crippen molar-refractivity contribution in [2.75, 3.05) is 5.73 Å². The van der Waals surface area contributed by atoms with Gasteiger partial charge in [0, 0.05) is 23.9 Å². The molecule has 0 aliphatic rings. The molecule has 0 saturated carbocycles. The zero-order valence-electron chi connectivity index (χ0n) is 12.9. The van der Waals surface area contributed by atoms with Gasteiger partial charge in [-0.2, -0.15) is 14.8 Å². The second kappa shape index (κ2) is 5.41. The summed E-state index contributed by atoms with van der Waals surface area (Å²) < 4.78 is 17.7. The van der Waals surface area contributed by atoms with E-state index < -0.39 is 0 Å². The summed E-state index contributed by atoms with van der Waals surface area (Å²) in [5.74, 6) is 0.450. The second-order valence-corrected chi connectivity index (χ2v) is 5.22. The Morgan fingerprint density at radius 1 is 1.17 bits per heavy atom. The Labute approximate surface area is 136 Å². The maximum atomic E-state index is 14.3. The van der Waals surface area contributed by atoms with Crippen LogP contribution < -0.4 is 5.73 Å². The molecule has 0 aliphatic heterocycles. The van der Waals surface area contributed by atoms with Gasteiger partial charge in [0.05, 0.1) is 11.7 Å². The standard InChI is InChI=1S/C16H14FN7/c1-2-23-14-11(10-5-3-4-6-12(10)17)7-19-8-13(14)22-16(23)24-15(18)20-9-21-24/h3-9H,2H2,1H3,(H2,18,20,21). The first-order chi connectivity index (χ1) is 11.7. The molecule has 7 nitrogen and oxygen atoms in total. The van der Waals surface area contributed by atoms with Crippen molar-refractivity contribution in [2.24, 2.45) is 0 Å². The van der Waals surface area contributed by atoms with E-state index in [0.29, 0.717) is 29.1 Å². The number of rotatable bonds is 3. The summed E-state index contributed by atoms with van der Waals surface area (Å²) in [6.07, 6.45) is 4.65. The summed E-state index contributed by atoms with van der Waals surface area (Å²) in [4.78, 5) is 12.7. The lowest BCUT2D eigenvalue weighted by Gasteiger charge is -2.10. The summed E-state index contributed by atoms with van der Waals surface area (Å²) in [7, 11) is 0. The van der Waals surface area contributed by atoms with Crippen LogP contribution in [-0.4, -0.2) is 29.3 Å². The molecule has 0 fully saturated rings. The van der Waals surface area contributed by atoms with Crippen molar-refractivity contribution in [3.05, 3.63) is 48.8 Å². The Morgan fingerprint density at radius 2 is 2.00 bits per heavy atom. The van der Waals surface area contributed by atoms with E-state index in [2.05, 4.69) is 20.1 Å². The molecule has 0 bridgehead atoms. The van der Waals surface area contributed by atoms with Gasteiger partial charge in [-0.1, -0.05) is 18.2 Å². The number of hydrogen-bond acceptors (Lipinski definition) is 5. The number of anilines is 1. The van der Waals surface area contributed by atoms with Gasteiger partial charge in [-0.3, -0.25) is 4.98 Å². The monoisotopic (exact) mass is 323 g/mol. The van der Waals surface area contributed by atoms with Crippen LogP contribution in [0.3, 0.4) is 0 Å². The normalized spacial score (nSPS) is 11.2. The number of imidazole rings is 1. The SMILES string of the molecule is CCn1c(-n2ncnc2N)nc2cncc(-c3ccccc3F)c21. The number of nitrogens with two attached hydrogens (primary N) is 1. The predicted octanol–water partition coefficient (Wildman–Crippen LogP) is 2.42. The minimum atomic E-state index is -0.308. The molecule has 3 heterocycles. The molecule has 3 aromatic heterocycles. The number of hydrogen-bond donors (Lipinski definition) is 1. The van der Waals surface area contributed by atoms with Gasteiger partial charge in [0.15, 0.2) is 0 Å². The zero-order valence-corrected chi connectivity index (χ0v) is 12.9. The third-order valence-electron chi connectivity index (χ3n) is 3.87. The van der Waals surface area contributed by atoms with Crippen molar-refractivity contribution in [3.63, 3.8) is 0 Å². The van der Waals surface area contributed by atoms with Crippen molar-refractivity contribution in [1.29, 1.82) is 0 Å². The van der Waals surface area contributed by atoms with E-state index in [4.69, 9.17) is 5.73 Å². The number of benzene rings is 1. The number of aromatic nitrogens is 6. The Bertz CT molecular complexity index is 1030. The van der Waals surface area contributed by atoms with Crippen LogP contribution in [0.25, 0.3) is 28.1 Å². The molecular formula is C16H14FN7.